The van der Waals surface area contributed by atoms with Gasteiger partial charge in [-0.25, -0.2) is 4.79 Å². The number of aromatic nitrogens is 2. The Balaban J connectivity index is 1.73. The fourth-order valence-corrected chi connectivity index (χ4v) is 4.17. The number of benzene rings is 2. The van der Waals surface area contributed by atoms with Crippen molar-refractivity contribution in [3.8, 4) is 22.8 Å². The zero-order valence-electron chi connectivity index (χ0n) is 14.8. The van der Waals surface area contributed by atoms with Crippen molar-refractivity contribution in [2.24, 2.45) is 0 Å². The second kappa shape index (κ2) is 5.90. The Morgan fingerprint density at radius 3 is 2.82 bits per heavy atom. The smallest absolute Gasteiger partial charge is 0.353 e. The van der Waals surface area contributed by atoms with Crippen molar-refractivity contribution < 1.29 is 19.4 Å². The molecule has 1 aromatic heterocycles. The van der Waals surface area contributed by atoms with E-state index in [1.807, 2.05) is 24.3 Å². The molecule has 0 saturated carbocycles. The molecule has 0 amide bonds. The second-order valence-corrected chi connectivity index (χ2v) is 7.28. The van der Waals surface area contributed by atoms with Crippen molar-refractivity contribution in [3.05, 3.63) is 58.6 Å². The van der Waals surface area contributed by atoms with E-state index in [1.165, 1.54) is 7.11 Å². The lowest BCUT2D eigenvalue weighted by Crippen LogP contribution is -2.50. The summed E-state index contributed by atoms with van der Waals surface area (Å²) < 4.78 is 11.6. The summed E-state index contributed by atoms with van der Waals surface area (Å²) in [7, 11) is 1.53. The van der Waals surface area contributed by atoms with Crippen molar-refractivity contribution in [1.29, 1.82) is 0 Å². The summed E-state index contributed by atoms with van der Waals surface area (Å²) in [5.74, 6) is 0.324. The number of aliphatic carboxylic acids is 1. The molecular formula is C20H16ClN3O4. The van der Waals surface area contributed by atoms with Gasteiger partial charge in [0.25, 0.3) is 0 Å². The van der Waals surface area contributed by atoms with Crippen LogP contribution in [0.2, 0.25) is 5.02 Å². The largest absolute Gasteiger partial charge is 0.493 e. The molecule has 3 heterocycles. The van der Waals surface area contributed by atoms with Crippen molar-refractivity contribution >= 4 is 23.4 Å². The highest BCUT2D eigenvalue weighted by Gasteiger charge is 2.56. The van der Waals surface area contributed by atoms with E-state index in [1.54, 1.807) is 18.2 Å². The molecule has 2 aliphatic rings. The topological polar surface area (TPSA) is 96.5 Å². The molecule has 5 rings (SSSR count). The van der Waals surface area contributed by atoms with Gasteiger partial charge in [0.15, 0.2) is 17.3 Å². The summed E-state index contributed by atoms with van der Waals surface area (Å²) in [4.78, 5) is 12.5. The monoisotopic (exact) mass is 397 g/mol. The zero-order valence-corrected chi connectivity index (χ0v) is 15.6. The number of nitrogens with one attached hydrogen (secondary N) is 2. The second-order valence-electron chi connectivity index (χ2n) is 6.84. The van der Waals surface area contributed by atoms with Crippen LogP contribution in [-0.2, 0) is 10.4 Å². The highest BCUT2D eigenvalue weighted by molar-refractivity contribution is 6.30. The first-order chi connectivity index (χ1) is 13.5. The number of H-pyrrole nitrogens is 1. The van der Waals surface area contributed by atoms with E-state index in [-0.39, 0.29) is 12.5 Å². The fourth-order valence-electron chi connectivity index (χ4n) is 4.04. The standard InChI is InChI=1S/C20H16ClN3O4/c1-27-14-4-2-3-12-13-9-20(19(25)26,28-17(12)14)15-16(23-24-18(15)22-13)10-5-7-11(21)8-6-10/h2-8,13H,9H2,1H3,(H,25,26)(H2,22,23,24)/t13-,20+/m1/s1. The van der Waals surface area contributed by atoms with Gasteiger partial charge in [-0.1, -0.05) is 35.9 Å². The number of carboxylic acid groups (broad SMARTS) is 1. The Labute approximate surface area is 165 Å². The quantitative estimate of drug-likeness (QED) is 0.618. The van der Waals surface area contributed by atoms with E-state index in [2.05, 4.69) is 15.5 Å². The van der Waals surface area contributed by atoms with E-state index < -0.39 is 11.6 Å². The molecule has 0 fully saturated rings. The minimum Gasteiger partial charge on any atom is -0.493 e. The average Bonchev–Trinajstić information content (AvgIpc) is 3.12. The van der Waals surface area contributed by atoms with Gasteiger partial charge in [0.1, 0.15) is 0 Å². The summed E-state index contributed by atoms with van der Waals surface area (Å²) >= 11 is 6.00. The molecule has 28 heavy (non-hydrogen) atoms. The number of carbonyl (C=O) groups is 1. The molecular weight excluding hydrogens is 382 g/mol. The number of ether oxygens (including phenoxy) is 2. The molecule has 0 saturated heterocycles. The van der Waals surface area contributed by atoms with Crippen molar-refractivity contribution in [2.75, 3.05) is 12.4 Å². The Bertz CT molecular complexity index is 1100. The first-order valence-corrected chi connectivity index (χ1v) is 9.12. The zero-order chi connectivity index (χ0) is 19.5. The molecule has 7 nitrogen and oxygen atoms in total. The van der Waals surface area contributed by atoms with Crippen LogP contribution in [-0.4, -0.2) is 28.4 Å². The SMILES string of the molecule is COc1cccc2c1O[C@@]1(C(=O)O)C[C@H]2Nc2n[nH]c(-c3ccc(Cl)cc3)c21. The Hall–Kier alpha value is -3.19. The van der Waals surface area contributed by atoms with E-state index in [4.69, 9.17) is 21.1 Å². The van der Waals surface area contributed by atoms with Crippen LogP contribution in [0, 0.1) is 0 Å². The molecule has 2 aromatic carbocycles. The predicted octanol–water partition coefficient (Wildman–Crippen LogP) is 3.97. The maximum Gasteiger partial charge on any atom is 0.353 e. The van der Waals surface area contributed by atoms with Gasteiger partial charge < -0.3 is 19.9 Å². The van der Waals surface area contributed by atoms with Crippen LogP contribution in [0.25, 0.3) is 11.3 Å². The van der Waals surface area contributed by atoms with Gasteiger partial charge >= 0.3 is 5.97 Å². The summed E-state index contributed by atoms with van der Waals surface area (Å²) in [6.07, 6.45) is 0.232. The lowest BCUT2D eigenvalue weighted by Gasteiger charge is -2.43. The molecule has 2 aliphatic heterocycles. The van der Waals surface area contributed by atoms with Gasteiger partial charge in [-0.2, -0.15) is 5.10 Å². The summed E-state index contributed by atoms with van der Waals surface area (Å²) in [6.45, 7) is 0. The minimum atomic E-state index is -1.59. The van der Waals surface area contributed by atoms with Crippen LogP contribution < -0.4 is 14.8 Å². The number of rotatable bonds is 3. The third-order valence-corrected chi connectivity index (χ3v) is 5.58. The number of hydrogen-bond acceptors (Lipinski definition) is 5. The number of nitrogens with zero attached hydrogens (tertiary/aromatic N) is 1. The Morgan fingerprint density at radius 2 is 2.11 bits per heavy atom. The fraction of sp³-hybridized carbons (Fsp3) is 0.200. The first kappa shape index (κ1) is 16.9. The number of hydrogen-bond donors (Lipinski definition) is 3. The molecule has 142 valence electrons. The highest BCUT2D eigenvalue weighted by atomic mass is 35.5. The predicted molar refractivity (Wildman–Crippen MR) is 103 cm³/mol. The van der Waals surface area contributed by atoms with Crippen LogP contribution in [0.15, 0.2) is 42.5 Å². The molecule has 2 atom stereocenters. The van der Waals surface area contributed by atoms with E-state index in [9.17, 15) is 9.90 Å². The molecule has 2 bridgehead atoms. The minimum absolute atomic E-state index is 0.232. The molecule has 0 radical (unpaired) electrons. The lowest BCUT2D eigenvalue weighted by molar-refractivity contribution is -0.159. The average molecular weight is 398 g/mol. The number of methoxy groups -OCH3 is 1. The maximum atomic E-state index is 12.5. The molecule has 0 spiro atoms. The number of para-hydroxylation sites is 1. The van der Waals surface area contributed by atoms with Gasteiger partial charge in [-0.3, -0.25) is 5.10 Å². The summed E-state index contributed by atoms with van der Waals surface area (Å²) in [5.41, 5.74) is 1.08. The summed E-state index contributed by atoms with van der Waals surface area (Å²) in [5, 5.41) is 21.5. The van der Waals surface area contributed by atoms with E-state index in [0.717, 1.165) is 11.1 Å². The molecule has 8 heteroatoms. The number of anilines is 1. The van der Waals surface area contributed by atoms with Gasteiger partial charge in [-0.15, -0.1) is 0 Å². The number of fused-ring (bicyclic) bond motifs is 6. The van der Waals surface area contributed by atoms with Crippen LogP contribution in [0.1, 0.15) is 23.6 Å². The number of carboxylic acids is 1. The van der Waals surface area contributed by atoms with Crippen molar-refractivity contribution in [2.45, 2.75) is 18.1 Å². The van der Waals surface area contributed by atoms with Crippen LogP contribution in [0.5, 0.6) is 11.5 Å². The number of halogens is 1. The van der Waals surface area contributed by atoms with Crippen molar-refractivity contribution in [3.63, 3.8) is 0 Å². The van der Waals surface area contributed by atoms with Gasteiger partial charge in [0.05, 0.1) is 24.4 Å². The lowest BCUT2D eigenvalue weighted by atomic mass is 9.78. The van der Waals surface area contributed by atoms with Crippen LogP contribution in [0.3, 0.4) is 0 Å². The Kier molecular flexibility index (Phi) is 3.57. The normalized spacial score (nSPS) is 21.7. The maximum absolute atomic E-state index is 12.5. The molecule has 3 N–H and O–H groups in total. The third-order valence-electron chi connectivity index (χ3n) is 5.33. The van der Waals surface area contributed by atoms with Crippen LogP contribution >= 0.6 is 11.6 Å². The molecule has 0 unspecified atom stereocenters. The number of aromatic amines is 1. The third kappa shape index (κ3) is 2.23. The molecule has 3 aromatic rings. The van der Waals surface area contributed by atoms with Crippen molar-refractivity contribution in [1.82, 2.24) is 10.2 Å². The van der Waals surface area contributed by atoms with Gasteiger partial charge in [-0.05, 0) is 18.2 Å². The first-order valence-electron chi connectivity index (χ1n) is 8.74. The van der Waals surface area contributed by atoms with E-state index in [0.29, 0.717) is 33.6 Å². The van der Waals surface area contributed by atoms with Gasteiger partial charge in [0.2, 0.25) is 5.60 Å². The molecule has 0 aliphatic carbocycles. The van der Waals surface area contributed by atoms with Crippen LogP contribution in [0.4, 0.5) is 5.82 Å². The van der Waals surface area contributed by atoms with Gasteiger partial charge in [0, 0.05) is 22.6 Å². The highest BCUT2D eigenvalue weighted by Crippen LogP contribution is 2.55. The van der Waals surface area contributed by atoms with E-state index >= 15 is 0 Å². The Morgan fingerprint density at radius 1 is 1.32 bits per heavy atom. The summed E-state index contributed by atoms with van der Waals surface area (Å²) in [6, 6.07) is 12.4.